The predicted molar refractivity (Wildman–Crippen MR) is 105 cm³/mol. The first-order valence-corrected chi connectivity index (χ1v) is 9.47. The number of carbonyl (C=O) groups is 1. The number of H-pyrrole nitrogens is 1. The molecular weight excluding hydrogens is 360 g/mol. The zero-order chi connectivity index (χ0) is 18.6. The molecule has 2 aromatic carbocycles. The van der Waals surface area contributed by atoms with Crippen molar-refractivity contribution in [2.24, 2.45) is 0 Å². The first kappa shape index (κ1) is 17.4. The van der Waals surface area contributed by atoms with Crippen molar-refractivity contribution in [3.05, 3.63) is 66.4 Å². The van der Waals surface area contributed by atoms with Crippen molar-refractivity contribution < 1.29 is 9.21 Å². The third-order valence-electron chi connectivity index (χ3n) is 4.18. The van der Waals surface area contributed by atoms with Gasteiger partial charge in [-0.1, -0.05) is 60.3 Å². The summed E-state index contributed by atoms with van der Waals surface area (Å²) < 4.78 is 5.76. The van der Waals surface area contributed by atoms with Crippen molar-refractivity contribution in [3.8, 4) is 11.5 Å². The van der Waals surface area contributed by atoms with Crippen LogP contribution in [0.4, 0.5) is 0 Å². The highest BCUT2D eigenvalue weighted by Gasteiger charge is 2.19. The van der Waals surface area contributed by atoms with Crippen molar-refractivity contribution in [1.29, 1.82) is 0 Å². The summed E-state index contributed by atoms with van der Waals surface area (Å²) in [7, 11) is 0. The van der Waals surface area contributed by atoms with Crippen molar-refractivity contribution in [1.82, 2.24) is 20.5 Å². The smallest absolute Gasteiger partial charge is 0.277 e. The molecule has 136 valence electrons. The van der Waals surface area contributed by atoms with Gasteiger partial charge >= 0.3 is 0 Å². The van der Waals surface area contributed by atoms with E-state index in [1.807, 2.05) is 67.7 Å². The Morgan fingerprint density at radius 1 is 1.15 bits per heavy atom. The Kier molecular flexibility index (Phi) is 4.93. The standard InChI is InChI=1S/C20H18N4O2S/c1-13(18(25)22-11-14-7-3-2-4-8-14)27-20-24-23-19(26-20)16-12-21-17-10-6-5-9-15(16)17/h2-10,12-13,21H,11H2,1H3,(H,22,25)/t13-/m1/s1. The van der Waals surface area contributed by atoms with E-state index in [-0.39, 0.29) is 11.2 Å². The van der Waals surface area contributed by atoms with Gasteiger partial charge in [-0.25, -0.2) is 0 Å². The fourth-order valence-corrected chi connectivity index (χ4v) is 3.46. The Balaban J connectivity index is 1.40. The van der Waals surface area contributed by atoms with Gasteiger partial charge in [0.05, 0.1) is 10.8 Å². The minimum absolute atomic E-state index is 0.0734. The fourth-order valence-electron chi connectivity index (χ4n) is 2.75. The third kappa shape index (κ3) is 3.88. The van der Waals surface area contributed by atoms with E-state index in [1.54, 1.807) is 0 Å². The van der Waals surface area contributed by atoms with Crippen molar-refractivity contribution in [3.63, 3.8) is 0 Å². The Hall–Kier alpha value is -3.06. The van der Waals surface area contributed by atoms with E-state index in [1.165, 1.54) is 11.8 Å². The highest BCUT2D eigenvalue weighted by atomic mass is 32.2. The lowest BCUT2D eigenvalue weighted by Crippen LogP contribution is -2.30. The largest absolute Gasteiger partial charge is 0.411 e. The molecule has 0 spiro atoms. The summed E-state index contributed by atoms with van der Waals surface area (Å²) in [6.07, 6.45) is 1.85. The molecule has 2 heterocycles. The molecule has 2 N–H and O–H groups in total. The Morgan fingerprint density at radius 3 is 2.78 bits per heavy atom. The maximum absolute atomic E-state index is 12.3. The third-order valence-corrected chi connectivity index (χ3v) is 5.12. The molecule has 7 heteroatoms. The number of nitrogens with zero attached hydrogens (tertiary/aromatic N) is 2. The lowest BCUT2D eigenvalue weighted by Gasteiger charge is -2.09. The van der Waals surface area contributed by atoms with Gasteiger partial charge in [0, 0.05) is 23.6 Å². The van der Waals surface area contributed by atoms with E-state index in [9.17, 15) is 4.79 Å². The molecule has 4 aromatic rings. The number of thioether (sulfide) groups is 1. The van der Waals surface area contributed by atoms with Crippen LogP contribution in [0.5, 0.6) is 0 Å². The first-order valence-electron chi connectivity index (χ1n) is 8.59. The lowest BCUT2D eigenvalue weighted by atomic mass is 10.2. The molecule has 27 heavy (non-hydrogen) atoms. The lowest BCUT2D eigenvalue weighted by molar-refractivity contribution is -0.120. The molecule has 2 aromatic heterocycles. The van der Waals surface area contributed by atoms with Crippen LogP contribution in [0.3, 0.4) is 0 Å². The SMILES string of the molecule is C[C@@H](Sc1nnc(-c2c[nH]c3ccccc23)o1)C(=O)NCc1ccccc1. The van der Waals surface area contributed by atoms with E-state index in [0.717, 1.165) is 22.0 Å². The number of para-hydroxylation sites is 1. The van der Waals surface area contributed by atoms with Gasteiger partial charge < -0.3 is 14.7 Å². The van der Waals surface area contributed by atoms with Crippen LogP contribution in [-0.2, 0) is 11.3 Å². The molecule has 1 atom stereocenters. The summed E-state index contributed by atoms with van der Waals surface area (Å²) >= 11 is 1.25. The molecule has 6 nitrogen and oxygen atoms in total. The molecule has 0 saturated carbocycles. The molecule has 0 aliphatic heterocycles. The van der Waals surface area contributed by atoms with Crippen molar-refractivity contribution in [2.75, 3.05) is 0 Å². The zero-order valence-electron chi connectivity index (χ0n) is 14.7. The van der Waals surface area contributed by atoms with Gasteiger partial charge in [0.15, 0.2) is 0 Å². The fraction of sp³-hybridized carbons (Fsp3) is 0.150. The molecule has 0 bridgehead atoms. The van der Waals surface area contributed by atoms with Gasteiger partial charge in [-0.05, 0) is 18.6 Å². The number of aromatic amines is 1. The van der Waals surface area contributed by atoms with E-state index in [0.29, 0.717) is 17.7 Å². The Bertz CT molecular complexity index is 1060. The maximum Gasteiger partial charge on any atom is 0.277 e. The first-order chi connectivity index (χ1) is 13.2. The maximum atomic E-state index is 12.3. The summed E-state index contributed by atoms with van der Waals surface area (Å²) in [6, 6.07) is 17.7. The predicted octanol–water partition coefficient (Wildman–Crippen LogP) is 4.01. The zero-order valence-corrected chi connectivity index (χ0v) is 15.5. The highest BCUT2D eigenvalue weighted by Crippen LogP contribution is 2.30. The van der Waals surface area contributed by atoms with E-state index in [4.69, 9.17) is 4.42 Å². The summed E-state index contributed by atoms with van der Waals surface area (Å²) in [5.41, 5.74) is 2.92. The van der Waals surface area contributed by atoms with E-state index in [2.05, 4.69) is 20.5 Å². The van der Waals surface area contributed by atoms with Gasteiger partial charge in [0.2, 0.25) is 5.91 Å². The van der Waals surface area contributed by atoms with Crippen LogP contribution in [-0.4, -0.2) is 26.3 Å². The van der Waals surface area contributed by atoms with Gasteiger partial charge in [-0.15, -0.1) is 10.2 Å². The number of aromatic nitrogens is 3. The second-order valence-electron chi connectivity index (χ2n) is 6.08. The second-order valence-corrected chi connectivity index (χ2v) is 7.38. The number of hydrogen-bond acceptors (Lipinski definition) is 5. The van der Waals surface area contributed by atoms with Crippen LogP contribution in [0.2, 0.25) is 0 Å². The van der Waals surface area contributed by atoms with Gasteiger partial charge in [0.25, 0.3) is 11.1 Å². The van der Waals surface area contributed by atoms with Gasteiger partial charge in [-0.2, -0.15) is 0 Å². The molecule has 0 aliphatic rings. The average Bonchev–Trinajstić information content (AvgIpc) is 3.33. The molecule has 0 saturated heterocycles. The summed E-state index contributed by atoms with van der Waals surface area (Å²) in [5.74, 6) is 0.363. The van der Waals surface area contributed by atoms with Crippen molar-refractivity contribution >= 4 is 28.6 Å². The van der Waals surface area contributed by atoms with Crippen LogP contribution < -0.4 is 5.32 Å². The quantitative estimate of drug-likeness (QED) is 0.495. The van der Waals surface area contributed by atoms with E-state index >= 15 is 0 Å². The number of carbonyl (C=O) groups excluding carboxylic acids is 1. The molecular formula is C20H18N4O2S. The van der Waals surface area contributed by atoms with Crippen LogP contribution in [0, 0.1) is 0 Å². The number of rotatable bonds is 6. The van der Waals surface area contributed by atoms with Gasteiger partial charge in [0.1, 0.15) is 0 Å². The minimum Gasteiger partial charge on any atom is -0.411 e. The summed E-state index contributed by atoms with van der Waals surface area (Å²) in [4.78, 5) is 15.5. The molecule has 0 radical (unpaired) electrons. The summed E-state index contributed by atoms with van der Waals surface area (Å²) in [5, 5.41) is 12.2. The van der Waals surface area contributed by atoms with Gasteiger partial charge in [-0.3, -0.25) is 4.79 Å². The highest BCUT2D eigenvalue weighted by molar-refractivity contribution is 8.00. The van der Waals surface area contributed by atoms with Crippen LogP contribution in [0.25, 0.3) is 22.4 Å². The molecule has 0 aliphatic carbocycles. The van der Waals surface area contributed by atoms with E-state index < -0.39 is 0 Å². The average molecular weight is 378 g/mol. The molecule has 0 unspecified atom stereocenters. The number of benzene rings is 2. The minimum atomic E-state index is -0.343. The Morgan fingerprint density at radius 2 is 1.93 bits per heavy atom. The van der Waals surface area contributed by atoms with Crippen LogP contribution in [0.15, 0.2) is 70.4 Å². The number of fused-ring (bicyclic) bond motifs is 1. The number of hydrogen-bond donors (Lipinski definition) is 2. The number of amides is 1. The van der Waals surface area contributed by atoms with Crippen LogP contribution >= 0.6 is 11.8 Å². The topological polar surface area (TPSA) is 83.8 Å². The number of nitrogens with one attached hydrogen (secondary N) is 2. The monoisotopic (exact) mass is 378 g/mol. The molecule has 0 fully saturated rings. The van der Waals surface area contributed by atoms with Crippen LogP contribution in [0.1, 0.15) is 12.5 Å². The molecule has 4 rings (SSSR count). The molecule has 1 amide bonds. The normalized spacial score (nSPS) is 12.2. The second kappa shape index (κ2) is 7.67. The van der Waals surface area contributed by atoms with Crippen molar-refractivity contribution in [2.45, 2.75) is 23.9 Å². The summed E-state index contributed by atoms with van der Waals surface area (Å²) in [6.45, 7) is 2.32. The Labute approximate surface area is 160 Å².